The minimum atomic E-state index is -2.80. The van der Waals surface area contributed by atoms with E-state index < -0.39 is 12.3 Å². The van der Waals surface area contributed by atoms with Gasteiger partial charge in [-0.25, -0.2) is 4.68 Å². The molecular formula is C19H15F2N7O. The van der Waals surface area contributed by atoms with Crippen molar-refractivity contribution in [2.75, 3.05) is 0 Å². The van der Waals surface area contributed by atoms with Gasteiger partial charge < -0.3 is 9.73 Å². The summed E-state index contributed by atoms with van der Waals surface area (Å²) in [5.74, 6) is -0.699. The fourth-order valence-corrected chi connectivity index (χ4v) is 3.21. The number of fused-ring (bicyclic) bond motifs is 1. The monoisotopic (exact) mass is 395 g/mol. The highest BCUT2D eigenvalue weighted by molar-refractivity contribution is 5.60. The van der Waals surface area contributed by atoms with Crippen molar-refractivity contribution in [3.05, 3.63) is 65.4 Å². The summed E-state index contributed by atoms with van der Waals surface area (Å²) in [4.78, 5) is 4.32. The number of alkyl halides is 2. The van der Waals surface area contributed by atoms with Crippen LogP contribution in [0, 0.1) is 0 Å². The second kappa shape index (κ2) is 7.13. The minimum Gasteiger partial charge on any atom is -0.415 e. The van der Waals surface area contributed by atoms with Crippen LogP contribution in [0.15, 0.2) is 47.1 Å². The number of hydrogen-bond donors (Lipinski definition) is 1. The van der Waals surface area contributed by atoms with E-state index in [0.717, 1.165) is 30.0 Å². The molecule has 1 aliphatic rings. The van der Waals surface area contributed by atoms with Gasteiger partial charge in [0.1, 0.15) is 5.69 Å². The van der Waals surface area contributed by atoms with Crippen molar-refractivity contribution < 1.29 is 13.2 Å². The molecule has 5 rings (SSSR count). The van der Waals surface area contributed by atoms with E-state index in [9.17, 15) is 8.78 Å². The fourth-order valence-electron chi connectivity index (χ4n) is 3.21. The predicted octanol–water partition coefficient (Wildman–Crippen LogP) is 2.98. The lowest BCUT2D eigenvalue weighted by atomic mass is 10.1. The molecule has 0 bridgehead atoms. The van der Waals surface area contributed by atoms with E-state index in [2.05, 4.69) is 42.9 Å². The van der Waals surface area contributed by atoms with Gasteiger partial charge in [0.05, 0.1) is 24.0 Å². The Morgan fingerprint density at radius 3 is 2.69 bits per heavy atom. The molecule has 29 heavy (non-hydrogen) atoms. The Bertz CT molecular complexity index is 1150. The molecule has 1 aromatic carbocycles. The first-order chi connectivity index (χ1) is 14.2. The molecule has 0 unspecified atom stereocenters. The molecule has 8 nitrogen and oxygen atoms in total. The Labute approximate surface area is 163 Å². The van der Waals surface area contributed by atoms with Crippen molar-refractivity contribution in [3.63, 3.8) is 0 Å². The van der Waals surface area contributed by atoms with Crippen LogP contribution in [0.25, 0.3) is 22.7 Å². The van der Waals surface area contributed by atoms with Crippen molar-refractivity contribution in [1.29, 1.82) is 0 Å². The van der Waals surface area contributed by atoms with Crippen molar-refractivity contribution >= 4 is 0 Å². The van der Waals surface area contributed by atoms with Crippen LogP contribution in [0.2, 0.25) is 0 Å². The van der Waals surface area contributed by atoms with Crippen LogP contribution >= 0.6 is 0 Å². The number of aromatic nitrogens is 6. The molecule has 1 aliphatic heterocycles. The lowest BCUT2D eigenvalue weighted by Gasteiger charge is -2.02. The summed E-state index contributed by atoms with van der Waals surface area (Å²) in [6, 6.07) is 9.74. The summed E-state index contributed by atoms with van der Waals surface area (Å²) in [6.45, 7) is 2.19. The Morgan fingerprint density at radius 2 is 1.90 bits per heavy atom. The smallest absolute Gasteiger partial charge is 0.314 e. The van der Waals surface area contributed by atoms with Crippen LogP contribution in [0.1, 0.15) is 29.1 Å². The normalized spacial score (nSPS) is 13.2. The molecule has 3 aromatic heterocycles. The topological polar surface area (TPSA) is 94.6 Å². The zero-order chi connectivity index (χ0) is 19.8. The molecule has 0 radical (unpaired) electrons. The quantitative estimate of drug-likeness (QED) is 0.555. The standard InChI is InChI=1S/C19H15F2N7O/c20-17(21)19-26-25-18(29-19)13-3-4-15(23-8-13)9-28-10-16(24-27-28)11-1-2-12-6-22-7-14(12)5-11/h1-5,8,10,17,22H,6-7,9H2. The highest BCUT2D eigenvalue weighted by Gasteiger charge is 2.17. The zero-order valence-electron chi connectivity index (χ0n) is 15.1. The van der Waals surface area contributed by atoms with Crippen LogP contribution in [-0.4, -0.2) is 30.2 Å². The molecule has 0 amide bonds. The number of halogens is 2. The predicted molar refractivity (Wildman–Crippen MR) is 97.6 cm³/mol. The number of hydrogen-bond acceptors (Lipinski definition) is 7. The Morgan fingerprint density at radius 1 is 1.03 bits per heavy atom. The molecule has 0 saturated carbocycles. The number of nitrogens with zero attached hydrogens (tertiary/aromatic N) is 6. The highest BCUT2D eigenvalue weighted by Crippen LogP contribution is 2.24. The average molecular weight is 395 g/mol. The van der Waals surface area contributed by atoms with E-state index in [-0.39, 0.29) is 5.89 Å². The number of benzene rings is 1. The van der Waals surface area contributed by atoms with E-state index in [1.54, 1.807) is 16.8 Å². The molecule has 0 atom stereocenters. The molecular weight excluding hydrogens is 380 g/mol. The Kier molecular flexibility index (Phi) is 4.32. The summed E-state index contributed by atoms with van der Waals surface area (Å²) >= 11 is 0. The van der Waals surface area contributed by atoms with Crippen molar-refractivity contribution in [1.82, 2.24) is 35.5 Å². The van der Waals surface area contributed by atoms with Crippen molar-refractivity contribution in [2.45, 2.75) is 26.1 Å². The molecule has 4 aromatic rings. The second-order valence-corrected chi connectivity index (χ2v) is 6.67. The minimum absolute atomic E-state index is 0.00786. The molecule has 0 spiro atoms. The summed E-state index contributed by atoms with van der Waals surface area (Å²) in [5.41, 5.74) is 5.61. The molecule has 0 saturated heterocycles. The second-order valence-electron chi connectivity index (χ2n) is 6.67. The first kappa shape index (κ1) is 17.6. The third-order valence-corrected chi connectivity index (χ3v) is 4.69. The fraction of sp³-hybridized carbons (Fsp3) is 0.211. The first-order valence-electron chi connectivity index (χ1n) is 8.95. The molecule has 4 heterocycles. The maximum Gasteiger partial charge on any atom is 0.314 e. The Hall–Kier alpha value is -3.53. The molecule has 0 fully saturated rings. The van der Waals surface area contributed by atoms with Gasteiger partial charge in [-0.2, -0.15) is 8.78 Å². The van der Waals surface area contributed by atoms with Crippen LogP contribution in [-0.2, 0) is 19.6 Å². The van der Waals surface area contributed by atoms with E-state index in [4.69, 9.17) is 4.42 Å². The molecule has 1 N–H and O–H groups in total. The third-order valence-electron chi connectivity index (χ3n) is 4.69. The summed E-state index contributed by atoms with van der Waals surface area (Å²) in [5, 5.41) is 18.7. The van der Waals surface area contributed by atoms with Crippen LogP contribution < -0.4 is 5.32 Å². The molecule has 10 heteroatoms. The van der Waals surface area contributed by atoms with Gasteiger partial charge in [0, 0.05) is 24.8 Å². The van der Waals surface area contributed by atoms with Crippen molar-refractivity contribution in [3.8, 4) is 22.7 Å². The van der Waals surface area contributed by atoms with E-state index in [0.29, 0.717) is 12.1 Å². The van der Waals surface area contributed by atoms with Gasteiger partial charge in [-0.3, -0.25) is 4.98 Å². The molecule has 0 aliphatic carbocycles. The third kappa shape index (κ3) is 3.49. The van der Waals surface area contributed by atoms with Crippen LogP contribution in [0.4, 0.5) is 8.78 Å². The largest absolute Gasteiger partial charge is 0.415 e. The molecule has 146 valence electrons. The lowest BCUT2D eigenvalue weighted by Crippen LogP contribution is -2.02. The SMILES string of the molecule is FC(F)c1nnc(-c2ccc(Cn3cc(-c4ccc5c(c4)CNC5)nn3)nc2)o1. The lowest BCUT2D eigenvalue weighted by molar-refractivity contribution is 0.116. The summed E-state index contributed by atoms with van der Waals surface area (Å²) < 4.78 is 31.8. The first-order valence-corrected chi connectivity index (χ1v) is 8.95. The summed E-state index contributed by atoms with van der Waals surface area (Å²) in [7, 11) is 0. The highest BCUT2D eigenvalue weighted by atomic mass is 19.3. The maximum atomic E-state index is 12.6. The van der Waals surface area contributed by atoms with Crippen molar-refractivity contribution in [2.24, 2.45) is 0 Å². The summed E-state index contributed by atoms with van der Waals surface area (Å²) in [6.07, 6.45) is 0.572. The number of rotatable bonds is 5. The van der Waals surface area contributed by atoms with Gasteiger partial charge in [-0.1, -0.05) is 17.3 Å². The van der Waals surface area contributed by atoms with Gasteiger partial charge in [0.15, 0.2) is 0 Å². The van der Waals surface area contributed by atoms with Gasteiger partial charge in [-0.05, 0) is 29.3 Å². The van der Waals surface area contributed by atoms with E-state index in [1.165, 1.54) is 17.3 Å². The van der Waals surface area contributed by atoms with Gasteiger partial charge in [0.25, 0.3) is 5.89 Å². The van der Waals surface area contributed by atoms with Gasteiger partial charge in [0.2, 0.25) is 5.89 Å². The Balaban J connectivity index is 1.31. The van der Waals surface area contributed by atoms with Gasteiger partial charge >= 0.3 is 6.43 Å². The maximum absolute atomic E-state index is 12.6. The van der Waals surface area contributed by atoms with E-state index in [1.807, 2.05) is 12.3 Å². The van der Waals surface area contributed by atoms with Crippen LogP contribution in [0.5, 0.6) is 0 Å². The van der Waals surface area contributed by atoms with Gasteiger partial charge in [-0.15, -0.1) is 15.3 Å². The number of nitrogens with one attached hydrogen (secondary N) is 1. The van der Waals surface area contributed by atoms with E-state index >= 15 is 0 Å². The zero-order valence-corrected chi connectivity index (χ0v) is 15.1. The number of pyridine rings is 1. The van der Waals surface area contributed by atoms with Crippen LogP contribution in [0.3, 0.4) is 0 Å². The average Bonchev–Trinajstić information content (AvgIpc) is 3.48.